The summed E-state index contributed by atoms with van der Waals surface area (Å²) in [5.74, 6) is -2.52. The van der Waals surface area contributed by atoms with Gasteiger partial charge in [0.05, 0.1) is 0 Å². The molecule has 0 rings (SSSR count). The third kappa shape index (κ3) is 5.19. The molecule has 0 aliphatic rings. The number of carboxylic acid groups (broad SMARTS) is 1. The topological polar surface area (TPSA) is 92.4 Å². The van der Waals surface area contributed by atoms with Crippen LogP contribution in [0.3, 0.4) is 0 Å². The van der Waals surface area contributed by atoms with Gasteiger partial charge in [-0.2, -0.15) is 0 Å². The average molecular weight is 188 g/mol. The van der Waals surface area contributed by atoms with E-state index in [9.17, 15) is 9.59 Å². The van der Waals surface area contributed by atoms with Gasteiger partial charge >= 0.3 is 5.97 Å². The van der Waals surface area contributed by atoms with E-state index in [1.807, 2.05) is 0 Å². The lowest BCUT2D eigenvalue weighted by atomic mass is 10.1. The molecule has 0 saturated carbocycles. The largest absolute Gasteiger partial charge is 0.481 e. The number of nitrogens with one attached hydrogen (secondary N) is 1. The molecule has 0 aromatic heterocycles. The van der Waals surface area contributed by atoms with Crippen molar-refractivity contribution in [2.24, 2.45) is 11.7 Å². The van der Waals surface area contributed by atoms with E-state index in [-0.39, 0.29) is 0 Å². The molecule has 5 heteroatoms. The second-order valence-corrected chi connectivity index (χ2v) is 2.85. The molecule has 0 aliphatic heterocycles. The Balaban J connectivity index is 3.56. The first kappa shape index (κ1) is 11.9. The normalized spacial score (nSPS) is 12.2. The van der Waals surface area contributed by atoms with E-state index in [4.69, 9.17) is 10.8 Å². The fourth-order valence-corrected chi connectivity index (χ4v) is 0.746. The summed E-state index contributed by atoms with van der Waals surface area (Å²) in [5.41, 5.74) is 5.25. The zero-order valence-corrected chi connectivity index (χ0v) is 7.75. The minimum atomic E-state index is -1.10. The summed E-state index contributed by atoms with van der Waals surface area (Å²) in [7, 11) is 0. The Bertz CT molecular complexity index is 182. The first-order valence-corrected chi connectivity index (χ1v) is 4.30. The number of hydrogen-bond acceptors (Lipinski definition) is 3. The van der Waals surface area contributed by atoms with Crippen LogP contribution in [0, 0.1) is 5.92 Å². The minimum absolute atomic E-state index is 0.440. The maximum Gasteiger partial charge on any atom is 0.315 e. The van der Waals surface area contributed by atoms with Gasteiger partial charge in [0.15, 0.2) is 0 Å². The van der Waals surface area contributed by atoms with Crippen molar-refractivity contribution in [3.05, 3.63) is 0 Å². The zero-order valence-electron chi connectivity index (χ0n) is 7.75. The van der Waals surface area contributed by atoms with E-state index in [0.29, 0.717) is 13.1 Å². The van der Waals surface area contributed by atoms with Crippen LogP contribution in [0.1, 0.15) is 19.8 Å². The van der Waals surface area contributed by atoms with Crippen LogP contribution < -0.4 is 11.1 Å². The van der Waals surface area contributed by atoms with Crippen molar-refractivity contribution in [3.8, 4) is 0 Å². The first-order chi connectivity index (χ1) is 6.09. The molecule has 0 aromatic rings. The molecule has 4 N–H and O–H groups in total. The van der Waals surface area contributed by atoms with Crippen LogP contribution >= 0.6 is 0 Å². The monoisotopic (exact) mass is 188 g/mol. The molecule has 1 amide bonds. The number of aliphatic carboxylic acids is 1. The molecule has 0 heterocycles. The number of carbonyl (C=O) groups is 2. The van der Waals surface area contributed by atoms with Crippen molar-refractivity contribution in [2.75, 3.05) is 13.1 Å². The third-order valence-electron chi connectivity index (χ3n) is 1.69. The minimum Gasteiger partial charge on any atom is -0.481 e. The van der Waals surface area contributed by atoms with E-state index in [2.05, 4.69) is 5.32 Å². The van der Waals surface area contributed by atoms with E-state index in [0.717, 1.165) is 12.8 Å². The lowest BCUT2D eigenvalue weighted by Gasteiger charge is -2.07. The second kappa shape index (κ2) is 6.42. The first-order valence-electron chi connectivity index (χ1n) is 4.30. The van der Waals surface area contributed by atoms with E-state index in [1.54, 1.807) is 0 Å². The molecule has 0 bridgehead atoms. The number of rotatable bonds is 6. The Morgan fingerprint density at radius 3 is 2.54 bits per heavy atom. The molecule has 0 aromatic carbocycles. The lowest BCUT2D eigenvalue weighted by Crippen LogP contribution is -2.34. The molecule has 1 unspecified atom stereocenters. The van der Waals surface area contributed by atoms with Gasteiger partial charge in [-0.3, -0.25) is 9.59 Å². The Hall–Kier alpha value is -1.10. The predicted octanol–water partition coefficient (Wildman–Crippen LogP) is -0.438. The van der Waals surface area contributed by atoms with Crippen molar-refractivity contribution in [1.29, 1.82) is 0 Å². The summed E-state index contributed by atoms with van der Waals surface area (Å²) in [5, 5.41) is 11.0. The molecular formula is C8H16N2O3. The molecule has 5 nitrogen and oxygen atoms in total. The fourth-order valence-electron chi connectivity index (χ4n) is 0.746. The summed E-state index contributed by atoms with van der Waals surface area (Å²) in [6.07, 6.45) is 1.62. The molecular weight excluding hydrogens is 172 g/mol. The van der Waals surface area contributed by atoms with Gasteiger partial charge < -0.3 is 16.2 Å². The van der Waals surface area contributed by atoms with Crippen LogP contribution in [0.25, 0.3) is 0 Å². The molecule has 0 spiro atoms. The molecule has 0 saturated heterocycles. The number of amides is 1. The maximum absolute atomic E-state index is 11.0. The fraction of sp³-hybridized carbons (Fsp3) is 0.750. The number of unbranched alkanes of at least 4 members (excludes halogenated alkanes) is 1. The van der Waals surface area contributed by atoms with Crippen molar-refractivity contribution in [1.82, 2.24) is 5.32 Å². The number of nitrogens with two attached hydrogens (primary N) is 1. The lowest BCUT2D eigenvalue weighted by molar-refractivity contribution is -0.146. The van der Waals surface area contributed by atoms with Crippen molar-refractivity contribution in [2.45, 2.75) is 19.8 Å². The number of carbonyl (C=O) groups excluding carboxylic acids is 1. The molecule has 1 atom stereocenters. The van der Waals surface area contributed by atoms with E-state index < -0.39 is 17.8 Å². The van der Waals surface area contributed by atoms with Gasteiger partial charge in [0.25, 0.3) is 0 Å². The average Bonchev–Trinajstić information content (AvgIpc) is 2.10. The Morgan fingerprint density at radius 2 is 2.08 bits per heavy atom. The molecule has 13 heavy (non-hydrogen) atoms. The number of carboxylic acids is 1. The molecule has 76 valence electrons. The van der Waals surface area contributed by atoms with Crippen molar-refractivity contribution >= 4 is 11.9 Å². The van der Waals surface area contributed by atoms with Crippen LogP contribution in [-0.4, -0.2) is 30.1 Å². The highest BCUT2D eigenvalue weighted by Gasteiger charge is 2.19. The Labute approximate surface area is 77.3 Å². The zero-order chi connectivity index (χ0) is 10.3. The van der Waals surface area contributed by atoms with Crippen LogP contribution in [-0.2, 0) is 9.59 Å². The van der Waals surface area contributed by atoms with Crippen LogP contribution in [0.2, 0.25) is 0 Å². The predicted molar refractivity (Wildman–Crippen MR) is 48.1 cm³/mol. The highest BCUT2D eigenvalue weighted by molar-refractivity contribution is 5.96. The SMILES string of the molecule is CC(C(=O)O)C(=O)NCCCCN. The molecule has 0 aliphatic carbocycles. The quantitative estimate of drug-likeness (QED) is 0.389. The van der Waals surface area contributed by atoms with E-state index in [1.165, 1.54) is 6.92 Å². The van der Waals surface area contributed by atoms with Crippen molar-refractivity contribution in [3.63, 3.8) is 0 Å². The standard InChI is InChI=1S/C8H16N2O3/c1-6(8(12)13)7(11)10-5-3-2-4-9/h6H,2-5,9H2,1H3,(H,10,11)(H,12,13). The van der Waals surface area contributed by atoms with E-state index >= 15 is 0 Å². The summed E-state index contributed by atoms with van der Waals surface area (Å²) < 4.78 is 0. The smallest absolute Gasteiger partial charge is 0.315 e. The van der Waals surface area contributed by atoms with Crippen LogP contribution in [0.15, 0.2) is 0 Å². The van der Waals surface area contributed by atoms with Gasteiger partial charge in [-0.25, -0.2) is 0 Å². The highest BCUT2D eigenvalue weighted by Crippen LogP contribution is 1.94. The Kier molecular flexibility index (Phi) is 5.88. The van der Waals surface area contributed by atoms with Crippen molar-refractivity contribution < 1.29 is 14.7 Å². The molecule has 0 fully saturated rings. The van der Waals surface area contributed by atoms with Gasteiger partial charge in [-0.15, -0.1) is 0 Å². The Morgan fingerprint density at radius 1 is 1.46 bits per heavy atom. The summed E-state index contributed by atoms with van der Waals surface area (Å²) in [6, 6.07) is 0. The summed E-state index contributed by atoms with van der Waals surface area (Å²) >= 11 is 0. The van der Waals surface area contributed by atoms with Crippen LogP contribution in [0.5, 0.6) is 0 Å². The van der Waals surface area contributed by atoms with Gasteiger partial charge in [-0.05, 0) is 26.3 Å². The number of hydrogen-bond donors (Lipinski definition) is 3. The van der Waals surface area contributed by atoms with Gasteiger partial charge in [0.2, 0.25) is 5.91 Å². The summed E-state index contributed by atoms with van der Waals surface area (Å²) in [6.45, 7) is 2.44. The van der Waals surface area contributed by atoms with Gasteiger partial charge in [-0.1, -0.05) is 0 Å². The van der Waals surface area contributed by atoms with Crippen LogP contribution in [0.4, 0.5) is 0 Å². The van der Waals surface area contributed by atoms with Gasteiger partial charge in [0, 0.05) is 6.54 Å². The second-order valence-electron chi connectivity index (χ2n) is 2.85. The maximum atomic E-state index is 11.0. The third-order valence-corrected chi connectivity index (χ3v) is 1.69. The summed E-state index contributed by atoms with van der Waals surface area (Å²) in [4.78, 5) is 21.4. The highest BCUT2D eigenvalue weighted by atomic mass is 16.4. The molecule has 0 radical (unpaired) electrons. The van der Waals surface area contributed by atoms with Gasteiger partial charge in [0.1, 0.15) is 5.92 Å².